The molecule has 1 heterocycles. The summed E-state index contributed by atoms with van der Waals surface area (Å²) in [6.45, 7) is 3.56. The van der Waals surface area contributed by atoms with Crippen LogP contribution < -0.4 is 4.90 Å². The van der Waals surface area contributed by atoms with Crippen molar-refractivity contribution in [2.75, 3.05) is 19.0 Å². The molecule has 1 N–H and O–H groups in total. The standard InChI is InChI=1S/C17H21F3N4O3S/c1-9(2)11-7-12(10-5-6-10)13(8-14(11)28(25,26)27)24-16(23(3)4)21-15(22-24)17(18,19)20/h7-10H,5-6H2,1-4H3,(H,25,26,27). The first-order chi connectivity index (χ1) is 12.8. The minimum atomic E-state index is -4.75. The number of hydrogen-bond acceptors (Lipinski definition) is 5. The summed E-state index contributed by atoms with van der Waals surface area (Å²) in [5.74, 6) is -1.53. The van der Waals surface area contributed by atoms with Crippen LogP contribution in [0.1, 0.15) is 55.5 Å². The van der Waals surface area contributed by atoms with Gasteiger partial charge in [-0.3, -0.25) is 4.55 Å². The number of anilines is 1. The maximum absolute atomic E-state index is 13.2. The highest BCUT2D eigenvalue weighted by molar-refractivity contribution is 7.85. The number of aromatic nitrogens is 3. The van der Waals surface area contributed by atoms with E-state index < -0.39 is 22.1 Å². The molecule has 0 atom stereocenters. The summed E-state index contributed by atoms with van der Waals surface area (Å²) in [6.07, 6.45) is -3.07. The summed E-state index contributed by atoms with van der Waals surface area (Å²) in [4.78, 5) is 4.59. The van der Waals surface area contributed by atoms with Crippen LogP contribution in [0, 0.1) is 0 Å². The van der Waals surface area contributed by atoms with E-state index in [9.17, 15) is 26.1 Å². The zero-order valence-corrected chi connectivity index (χ0v) is 16.6. The molecule has 2 aromatic rings. The lowest BCUT2D eigenvalue weighted by atomic mass is 9.97. The molecule has 0 unspecified atom stereocenters. The molecule has 28 heavy (non-hydrogen) atoms. The molecule has 1 aliphatic carbocycles. The van der Waals surface area contributed by atoms with Crippen molar-refractivity contribution < 1.29 is 26.1 Å². The molecule has 0 saturated heterocycles. The van der Waals surface area contributed by atoms with E-state index in [0.29, 0.717) is 11.1 Å². The quantitative estimate of drug-likeness (QED) is 0.747. The Morgan fingerprint density at radius 1 is 1.25 bits per heavy atom. The zero-order chi connectivity index (χ0) is 21.0. The number of nitrogens with zero attached hydrogens (tertiary/aromatic N) is 4. The molecule has 1 aliphatic rings. The third-order valence-corrected chi connectivity index (χ3v) is 5.46. The van der Waals surface area contributed by atoms with Gasteiger partial charge in [-0.15, -0.1) is 5.10 Å². The minimum absolute atomic E-state index is 0.0900. The number of benzene rings is 1. The number of rotatable bonds is 5. The topological polar surface area (TPSA) is 88.3 Å². The van der Waals surface area contributed by atoms with Gasteiger partial charge in [0, 0.05) is 14.1 Å². The Labute approximate surface area is 160 Å². The largest absolute Gasteiger partial charge is 0.453 e. The van der Waals surface area contributed by atoms with E-state index in [-0.39, 0.29) is 28.4 Å². The van der Waals surface area contributed by atoms with Crippen molar-refractivity contribution in [3.8, 4) is 5.69 Å². The van der Waals surface area contributed by atoms with Crippen molar-refractivity contribution in [1.29, 1.82) is 0 Å². The fourth-order valence-corrected chi connectivity index (χ4v) is 3.91. The predicted molar refractivity (Wildman–Crippen MR) is 96.6 cm³/mol. The lowest BCUT2D eigenvalue weighted by molar-refractivity contribution is -0.144. The summed E-state index contributed by atoms with van der Waals surface area (Å²) >= 11 is 0. The van der Waals surface area contributed by atoms with Crippen LogP contribution in [0.15, 0.2) is 17.0 Å². The average Bonchev–Trinajstić information content (AvgIpc) is 3.28. The summed E-state index contributed by atoms with van der Waals surface area (Å²) in [7, 11) is -1.55. The van der Waals surface area contributed by atoms with Crippen LogP contribution in [0.2, 0.25) is 0 Å². The molecule has 0 spiro atoms. The molecular formula is C17H21F3N4O3S. The Morgan fingerprint density at radius 2 is 1.86 bits per heavy atom. The first-order valence-corrected chi connectivity index (χ1v) is 10.1. The highest BCUT2D eigenvalue weighted by Crippen LogP contribution is 2.45. The van der Waals surface area contributed by atoms with Gasteiger partial charge >= 0.3 is 6.18 Å². The van der Waals surface area contributed by atoms with E-state index in [0.717, 1.165) is 17.5 Å². The van der Waals surface area contributed by atoms with Gasteiger partial charge in [-0.25, -0.2) is 0 Å². The molecule has 3 rings (SSSR count). The lowest BCUT2D eigenvalue weighted by Crippen LogP contribution is -2.17. The third-order valence-electron chi connectivity index (χ3n) is 4.55. The van der Waals surface area contributed by atoms with Gasteiger partial charge < -0.3 is 4.90 Å². The predicted octanol–water partition coefficient (Wildman–Crippen LogP) is 3.60. The lowest BCUT2D eigenvalue weighted by Gasteiger charge is -2.19. The van der Waals surface area contributed by atoms with E-state index in [1.807, 2.05) is 0 Å². The van der Waals surface area contributed by atoms with Gasteiger partial charge in [-0.2, -0.15) is 31.3 Å². The van der Waals surface area contributed by atoms with Crippen LogP contribution in [0.25, 0.3) is 5.69 Å². The van der Waals surface area contributed by atoms with Crippen LogP contribution in [0.4, 0.5) is 19.1 Å². The normalized spacial score (nSPS) is 15.3. The average molecular weight is 418 g/mol. The van der Waals surface area contributed by atoms with Gasteiger partial charge in [-0.05, 0) is 41.9 Å². The molecule has 0 bridgehead atoms. The summed E-state index contributed by atoms with van der Waals surface area (Å²) in [5, 5.41) is 3.60. The number of alkyl halides is 3. The first kappa shape index (κ1) is 20.6. The molecule has 0 radical (unpaired) electrons. The van der Waals surface area contributed by atoms with Crippen LogP contribution >= 0.6 is 0 Å². The Hall–Kier alpha value is -2.14. The maximum atomic E-state index is 13.2. The SMILES string of the molecule is CC(C)c1cc(C2CC2)c(-n2nc(C(F)(F)F)nc2N(C)C)cc1S(=O)(=O)O. The van der Waals surface area contributed by atoms with Gasteiger partial charge in [-0.1, -0.05) is 19.9 Å². The Morgan fingerprint density at radius 3 is 2.29 bits per heavy atom. The van der Waals surface area contributed by atoms with Crippen LogP contribution in [0.3, 0.4) is 0 Å². The van der Waals surface area contributed by atoms with E-state index in [1.54, 1.807) is 19.9 Å². The first-order valence-electron chi connectivity index (χ1n) is 8.68. The van der Waals surface area contributed by atoms with Gasteiger partial charge in [0.1, 0.15) is 0 Å². The maximum Gasteiger partial charge on any atom is 0.453 e. The molecule has 1 fully saturated rings. The molecule has 1 aromatic carbocycles. The van der Waals surface area contributed by atoms with Gasteiger partial charge in [0.25, 0.3) is 15.9 Å². The fraction of sp³-hybridized carbons (Fsp3) is 0.529. The Balaban J connectivity index is 2.34. The van der Waals surface area contributed by atoms with Crippen LogP contribution in [0.5, 0.6) is 0 Å². The monoisotopic (exact) mass is 418 g/mol. The van der Waals surface area contributed by atoms with Gasteiger partial charge in [0.15, 0.2) is 0 Å². The molecule has 0 aliphatic heterocycles. The summed E-state index contributed by atoms with van der Waals surface area (Å²) in [5.41, 5.74) is 1.28. The van der Waals surface area contributed by atoms with E-state index in [2.05, 4.69) is 10.1 Å². The highest BCUT2D eigenvalue weighted by atomic mass is 32.2. The molecule has 0 amide bonds. The minimum Gasteiger partial charge on any atom is -0.347 e. The van der Waals surface area contributed by atoms with Crippen molar-refractivity contribution in [1.82, 2.24) is 14.8 Å². The summed E-state index contributed by atoms with van der Waals surface area (Å²) in [6, 6.07) is 2.84. The second kappa shape index (κ2) is 6.73. The van der Waals surface area contributed by atoms with Crippen molar-refractivity contribution in [2.45, 2.75) is 49.6 Å². The smallest absolute Gasteiger partial charge is 0.347 e. The van der Waals surface area contributed by atoms with Crippen molar-refractivity contribution >= 4 is 16.1 Å². The van der Waals surface area contributed by atoms with Crippen molar-refractivity contribution in [3.05, 3.63) is 29.1 Å². The van der Waals surface area contributed by atoms with Crippen molar-refractivity contribution in [2.24, 2.45) is 0 Å². The molecule has 11 heteroatoms. The second-order valence-corrected chi connectivity index (χ2v) is 8.78. The van der Waals surface area contributed by atoms with Crippen molar-refractivity contribution in [3.63, 3.8) is 0 Å². The Kier molecular flexibility index (Phi) is 4.95. The van der Waals surface area contributed by atoms with Gasteiger partial charge in [0.2, 0.25) is 5.95 Å². The zero-order valence-electron chi connectivity index (χ0n) is 15.8. The van der Waals surface area contributed by atoms with Crippen LogP contribution in [-0.4, -0.2) is 41.8 Å². The van der Waals surface area contributed by atoms with E-state index >= 15 is 0 Å². The summed E-state index contributed by atoms with van der Waals surface area (Å²) < 4.78 is 74.1. The fourth-order valence-electron chi connectivity index (χ4n) is 3.06. The highest BCUT2D eigenvalue weighted by Gasteiger charge is 2.39. The molecule has 1 aromatic heterocycles. The molecule has 1 saturated carbocycles. The van der Waals surface area contributed by atoms with Gasteiger partial charge in [0.05, 0.1) is 10.6 Å². The van der Waals surface area contributed by atoms with E-state index in [4.69, 9.17) is 0 Å². The third kappa shape index (κ3) is 3.86. The number of hydrogen-bond donors (Lipinski definition) is 1. The molecular weight excluding hydrogens is 397 g/mol. The Bertz CT molecular complexity index is 1010. The number of halogens is 3. The molecule has 7 nitrogen and oxygen atoms in total. The molecule has 154 valence electrons. The van der Waals surface area contributed by atoms with Crippen LogP contribution in [-0.2, 0) is 16.3 Å². The second-order valence-electron chi connectivity index (χ2n) is 7.39. The van der Waals surface area contributed by atoms with E-state index in [1.165, 1.54) is 25.1 Å².